The van der Waals surface area contributed by atoms with Crippen LogP contribution in [0.2, 0.25) is 0 Å². The zero-order chi connectivity index (χ0) is 18.5. The molecular weight excluding hydrogens is 344 g/mol. The first-order chi connectivity index (χ1) is 13.3. The number of anilines is 3. The average Bonchev–Trinajstić information content (AvgIpc) is 3.25. The second-order valence-electron chi connectivity index (χ2n) is 5.46. The van der Waals surface area contributed by atoms with Crippen molar-refractivity contribution in [3.8, 4) is 5.82 Å². The summed E-state index contributed by atoms with van der Waals surface area (Å²) in [6.07, 6.45) is 9.36. The van der Waals surface area contributed by atoms with Gasteiger partial charge in [-0.05, 0) is 30.3 Å². The van der Waals surface area contributed by atoms with Crippen LogP contribution in [0, 0.1) is 0 Å². The van der Waals surface area contributed by atoms with E-state index in [9.17, 15) is 4.79 Å². The van der Waals surface area contributed by atoms with Gasteiger partial charge in [-0.15, -0.1) is 0 Å². The first kappa shape index (κ1) is 16.3. The molecule has 0 unspecified atom stereocenters. The molecular formula is C18H14N8O. The fourth-order valence-electron chi connectivity index (χ4n) is 2.34. The van der Waals surface area contributed by atoms with E-state index in [-0.39, 0.29) is 11.6 Å². The molecule has 0 fully saturated rings. The van der Waals surface area contributed by atoms with Crippen molar-refractivity contribution in [1.82, 2.24) is 29.7 Å². The minimum absolute atomic E-state index is 0.256. The number of nitrogens with zero attached hydrogens (tertiary/aromatic N) is 6. The van der Waals surface area contributed by atoms with Gasteiger partial charge in [-0.2, -0.15) is 5.10 Å². The summed E-state index contributed by atoms with van der Waals surface area (Å²) in [5.41, 5.74) is 1.72. The molecule has 9 heteroatoms. The van der Waals surface area contributed by atoms with Gasteiger partial charge in [0.25, 0.3) is 5.91 Å². The van der Waals surface area contributed by atoms with Crippen molar-refractivity contribution >= 4 is 23.1 Å². The summed E-state index contributed by atoms with van der Waals surface area (Å²) >= 11 is 0. The van der Waals surface area contributed by atoms with Crippen molar-refractivity contribution in [3.05, 3.63) is 79.4 Å². The van der Waals surface area contributed by atoms with Gasteiger partial charge in [-0.25, -0.2) is 19.6 Å². The molecule has 0 aliphatic rings. The van der Waals surface area contributed by atoms with Gasteiger partial charge in [-0.3, -0.25) is 9.78 Å². The van der Waals surface area contributed by atoms with Gasteiger partial charge in [0.15, 0.2) is 5.82 Å². The number of hydrogen-bond donors (Lipinski definition) is 2. The van der Waals surface area contributed by atoms with E-state index in [0.717, 1.165) is 5.69 Å². The predicted molar refractivity (Wildman–Crippen MR) is 98.9 cm³/mol. The second kappa shape index (κ2) is 7.40. The number of nitrogens with one attached hydrogen (secondary N) is 2. The van der Waals surface area contributed by atoms with Crippen molar-refractivity contribution in [2.75, 3.05) is 10.6 Å². The SMILES string of the molecule is O=C(Nc1ccc(Nc2cc(-n3cccn3)ncn2)cc1)c1cnccn1. The van der Waals surface area contributed by atoms with Crippen molar-refractivity contribution < 1.29 is 4.79 Å². The molecule has 3 heterocycles. The van der Waals surface area contributed by atoms with Crippen LogP contribution >= 0.6 is 0 Å². The van der Waals surface area contributed by atoms with Crippen molar-refractivity contribution in [2.24, 2.45) is 0 Å². The monoisotopic (exact) mass is 358 g/mol. The Kier molecular flexibility index (Phi) is 4.48. The first-order valence-corrected chi connectivity index (χ1v) is 8.04. The number of amides is 1. The predicted octanol–water partition coefficient (Wildman–Crippen LogP) is 2.45. The lowest BCUT2D eigenvalue weighted by atomic mass is 10.2. The summed E-state index contributed by atoms with van der Waals surface area (Å²) in [4.78, 5) is 28.3. The fourth-order valence-corrected chi connectivity index (χ4v) is 2.34. The molecule has 4 rings (SSSR count). The maximum Gasteiger partial charge on any atom is 0.275 e. The van der Waals surface area contributed by atoms with Crippen LogP contribution in [-0.2, 0) is 0 Å². The number of carbonyl (C=O) groups excluding carboxylic acids is 1. The molecule has 4 aromatic rings. The van der Waals surface area contributed by atoms with Gasteiger partial charge < -0.3 is 10.6 Å². The van der Waals surface area contributed by atoms with Crippen LogP contribution in [0.5, 0.6) is 0 Å². The molecule has 0 saturated carbocycles. The molecule has 0 atom stereocenters. The van der Waals surface area contributed by atoms with Crippen molar-refractivity contribution in [1.29, 1.82) is 0 Å². The molecule has 2 N–H and O–H groups in total. The van der Waals surface area contributed by atoms with Crippen LogP contribution in [0.25, 0.3) is 5.82 Å². The molecule has 0 radical (unpaired) electrons. The molecule has 3 aromatic heterocycles. The standard InChI is InChI=1S/C18H14N8O/c27-18(15-11-19-7-8-20-15)25-14-4-2-13(3-5-14)24-16-10-17(22-12-21-16)26-9-1-6-23-26/h1-12H,(H,25,27)(H,21,22,24). The maximum atomic E-state index is 12.1. The lowest BCUT2D eigenvalue weighted by molar-refractivity contribution is 0.102. The number of carbonyl (C=O) groups is 1. The Labute approximate surface area is 154 Å². The summed E-state index contributed by atoms with van der Waals surface area (Å²) in [5.74, 6) is 0.973. The minimum atomic E-state index is -0.316. The van der Waals surface area contributed by atoms with E-state index in [0.29, 0.717) is 17.3 Å². The molecule has 0 bridgehead atoms. The highest BCUT2D eigenvalue weighted by Crippen LogP contribution is 2.18. The summed E-state index contributed by atoms with van der Waals surface area (Å²) in [6, 6.07) is 10.8. The molecule has 0 aliphatic heterocycles. The van der Waals surface area contributed by atoms with Gasteiger partial charge in [0.2, 0.25) is 0 Å². The van der Waals surface area contributed by atoms with E-state index < -0.39 is 0 Å². The topological polar surface area (TPSA) is 111 Å². The van der Waals surface area contributed by atoms with E-state index in [1.54, 1.807) is 35.3 Å². The number of aromatic nitrogens is 6. The smallest absolute Gasteiger partial charge is 0.275 e. The molecule has 1 aromatic carbocycles. The highest BCUT2D eigenvalue weighted by molar-refractivity contribution is 6.02. The lowest BCUT2D eigenvalue weighted by Gasteiger charge is -2.09. The zero-order valence-corrected chi connectivity index (χ0v) is 14.0. The third kappa shape index (κ3) is 3.93. The van der Waals surface area contributed by atoms with Crippen LogP contribution in [-0.4, -0.2) is 35.6 Å². The molecule has 1 amide bonds. The number of rotatable bonds is 5. The van der Waals surface area contributed by atoms with Gasteiger partial charge >= 0.3 is 0 Å². The van der Waals surface area contributed by atoms with Crippen LogP contribution in [0.1, 0.15) is 10.5 Å². The summed E-state index contributed by atoms with van der Waals surface area (Å²) < 4.78 is 1.65. The normalized spacial score (nSPS) is 10.4. The second-order valence-corrected chi connectivity index (χ2v) is 5.46. The van der Waals surface area contributed by atoms with Crippen molar-refractivity contribution in [2.45, 2.75) is 0 Å². The molecule has 0 aliphatic carbocycles. The lowest BCUT2D eigenvalue weighted by Crippen LogP contribution is -2.13. The Morgan fingerprint density at radius 2 is 1.81 bits per heavy atom. The van der Waals surface area contributed by atoms with E-state index >= 15 is 0 Å². The number of benzene rings is 1. The van der Waals surface area contributed by atoms with Gasteiger partial charge in [0.05, 0.1) is 6.20 Å². The van der Waals surface area contributed by atoms with E-state index in [2.05, 4.69) is 35.7 Å². The Morgan fingerprint density at radius 1 is 0.963 bits per heavy atom. The van der Waals surface area contributed by atoms with Crippen LogP contribution in [0.4, 0.5) is 17.2 Å². The van der Waals surface area contributed by atoms with Gasteiger partial charge in [0, 0.05) is 42.2 Å². The van der Waals surface area contributed by atoms with Crippen LogP contribution in [0.3, 0.4) is 0 Å². The quantitative estimate of drug-likeness (QED) is 0.564. The third-order valence-electron chi connectivity index (χ3n) is 3.60. The largest absolute Gasteiger partial charge is 0.340 e. The zero-order valence-electron chi connectivity index (χ0n) is 14.0. The van der Waals surface area contributed by atoms with Crippen LogP contribution in [0.15, 0.2) is 73.7 Å². The van der Waals surface area contributed by atoms with E-state index in [1.807, 2.05) is 18.2 Å². The molecule has 0 saturated heterocycles. The third-order valence-corrected chi connectivity index (χ3v) is 3.60. The number of hydrogen-bond acceptors (Lipinski definition) is 7. The summed E-state index contributed by atoms with van der Waals surface area (Å²) in [6.45, 7) is 0. The molecule has 0 spiro atoms. The maximum absolute atomic E-state index is 12.1. The van der Waals surface area contributed by atoms with Gasteiger partial charge in [-0.1, -0.05) is 0 Å². The minimum Gasteiger partial charge on any atom is -0.340 e. The highest BCUT2D eigenvalue weighted by Gasteiger charge is 2.07. The Morgan fingerprint density at radius 3 is 2.56 bits per heavy atom. The van der Waals surface area contributed by atoms with E-state index in [1.165, 1.54) is 24.9 Å². The van der Waals surface area contributed by atoms with Crippen molar-refractivity contribution in [3.63, 3.8) is 0 Å². The highest BCUT2D eigenvalue weighted by atomic mass is 16.1. The van der Waals surface area contributed by atoms with Crippen LogP contribution < -0.4 is 10.6 Å². The average molecular weight is 358 g/mol. The summed E-state index contributed by atoms with van der Waals surface area (Å²) in [7, 11) is 0. The molecule has 27 heavy (non-hydrogen) atoms. The Bertz CT molecular complexity index is 1030. The fraction of sp³-hybridized carbons (Fsp3) is 0. The Balaban J connectivity index is 1.44. The summed E-state index contributed by atoms with van der Waals surface area (Å²) in [5, 5.41) is 10.1. The van der Waals surface area contributed by atoms with Gasteiger partial charge in [0.1, 0.15) is 17.8 Å². The Hall–Kier alpha value is -4.14. The molecule has 132 valence electrons. The van der Waals surface area contributed by atoms with E-state index in [4.69, 9.17) is 0 Å². The molecule has 9 nitrogen and oxygen atoms in total. The first-order valence-electron chi connectivity index (χ1n) is 8.04.